The first-order chi connectivity index (χ1) is 9.19. The van der Waals surface area contributed by atoms with Gasteiger partial charge in [0.1, 0.15) is 0 Å². The van der Waals surface area contributed by atoms with Crippen molar-refractivity contribution >= 4 is 11.3 Å². The molecular formula is C17H23NS. The van der Waals surface area contributed by atoms with E-state index < -0.39 is 0 Å². The smallest absolute Gasteiger partial charge is 0.0108 e. The van der Waals surface area contributed by atoms with Gasteiger partial charge in [0.2, 0.25) is 0 Å². The van der Waals surface area contributed by atoms with Crippen LogP contribution in [-0.2, 0) is 12.8 Å². The van der Waals surface area contributed by atoms with Gasteiger partial charge in [0.05, 0.1) is 0 Å². The molecule has 1 aromatic carbocycles. The predicted molar refractivity (Wildman–Crippen MR) is 85.1 cm³/mol. The fourth-order valence-corrected chi connectivity index (χ4v) is 3.06. The maximum absolute atomic E-state index is 3.45. The van der Waals surface area contributed by atoms with Gasteiger partial charge in [-0.15, -0.1) is 11.3 Å². The monoisotopic (exact) mass is 273 g/mol. The Kier molecular flexibility index (Phi) is 5.17. The van der Waals surface area contributed by atoms with E-state index in [1.54, 1.807) is 0 Å². The van der Waals surface area contributed by atoms with Crippen molar-refractivity contribution in [2.24, 2.45) is 0 Å². The number of likely N-dealkylation sites (N-methyl/N-ethyl adjacent to an activating group) is 1. The van der Waals surface area contributed by atoms with Crippen molar-refractivity contribution in [2.75, 3.05) is 7.05 Å². The zero-order valence-electron chi connectivity index (χ0n) is 12.1. The molecule has 2 rings (SSSR count). The average molecular weight is 273 g/mol. The molecule has 0 radical (unpaired) electrons. The Hall–Kier alpha value is -1.12. The number of benzene rings is 1. The molecule has 1 aromatic heterocycles. The molecule has 0 saturated carbocycles. The molecule has 0 bridgehead atoms. The fraction of sp³-hybridized carbons (Fsp3) is 0.412. The second-order valence-corrected chi connectivity index (χ2v) is 6.26. The van der Waals surface area contributed by atoms with E-state index in [1.165, 1.54) is 34.4 Å². The van der Waals surface area contributed by atoms with Crippen LogP contribution in [0.15, 0.2) is 35.7 Å². The molecule has 0 aliphatic heterocycles. The normalized spacial score (nSPS) is 12.6. The lowest BCUT2D eigenvalue weighted by atomic mass is 9.98. The summed E-state index contributed by atoms with van der Waals surface area (Å²) < 4.78 is 0. The summed E-state index contributed by atoms with van der Waals surface area (Å²) in [5, 5.41) is 5.61. The molecule has 1 heterocycles. The average Bonchev–Trinajstić information content (AvgIpc) is 2.92. The minimum atomic E-state index is 0.559. The Labute approximate surface area is 120 Å². The van der Waals surface area contributed by atoms with Crippen LogP contribution in [0, 0.1) is 13.8 Å². The van der Waals surface area contributed by atoms with E-state index in [-0.39, 0.29) is 0 Å². The topological polar surface area (TPSA) is 12.0 Å². The quantitative estimate of drug-likeness (QED) is 0.834. The number of aryl methyl sites for hydroxylation is 3. The Morgan fingerprint density at radius 1 is 1.16 bits per heavy atom. The van der Waals surface area contributed by atoms with Crippen molar-refractivity contribution in [2.45, 2.75) is 39.2 Å². The van der Waals surface area contributed by atoms with Gasteiger partial charge in [-0.25, -0.2) is 0 Å². The molecule has 0 saturated heterocycles. The lowest BCUT2D eigenvalue weighted by Gasteiger charge is -2.16. The summed E-state index contributed by atoms with van der Waals surface area (Å²) >= 11 is 1.86. The molecule has 2 heteroatoms. The minimum Gasteiger partial charge on any atom is -0.317 e. The van der Waals surface area contributed by atoms with Crippen molar-refractivity contribution in [1.82, 2.24) is 5.32 Å². The summed E-state index contributed by atoms with van der Waals surface area (Å²) in [5.74, 6) is 0. The predicted octanol–water partition coefficient (Wildman–Crippen LogP) is 4.13. The second-order valence-electron chi connectivity index (χ2n) is 5.23. The number of hydrogen-bond acceptors (Lipinski definition) is 2. The molecule has 2 aromatic rings. The van der Waals surface area contributed by atoms with E-state index in [2.05, 4.69) is 61.9 Å². The highest BCUT2D eigenvalue weighted by molar-refractivity contribution is 7.09. The first-order valence-corrected chi connectivity index (χ1v) is 7.83. The van der Waals surface area contributed by atoms with Gasteiger partial charge in [0.15, 0.2) is 0 Å². The van der Waals surface area contributed by atoms with Crippen LogP contribution in [0.5, 0.6) is 0 Å². The third-order valence-electron chi connectivity index (χ3n) is 3.78. The van der Waals surface area contributed by atoms with E-state index >= 15 is 0 Å². The van der Waals surface area contributed by atoms with E-state index in [4.69, 9.17) is 0 Å². The third kappa shape index (κ3) is 4.19. The number of thiophene rings is 1. The molecule has 0 fully saturated rings. The summed E-state index contributed by atoms with van der Waals surface area (Å²) in [6.07, 6.45) is 3.49. The first kappa shape index (κ1) is 14.3. The molecule has 0 aliphatic carbocycles. The Balaban J connectivity index is 1.92. The van der Waals surface area contributed by atoms with Crippen LogP contribution in [0.1, 0.15) is 28.0 Å². The zero-order valence-corrected chi connectivity index (χ0v) is 12.9. The molecule has 0 amide bonds. The van der Waals surface area contributed by atoms with Crippen LogP contribution in [0.4, 0.5) is 0 Å². The highest BCUT2D eigenvalue weighted by Gasteiger charge is 2.08. The van der Waals surface area contributed by atoms with Crippen LogP contribution in [0.3, 0.4) is 0 Å². The van der Waals surface area contributed by atoms with Crippen LogP contribution >= 0.6 is 11.3 Å². The molecule has 1 N–H and O–H groups in total. The molecule has 1 nitrogen and oxygen atoms in total. The Morgan fingerprint density at radius 3 is 2.63 bits per heavy atom. The molecule has 0 spiro atoms. The van der Waals surface area contributed by atoms with Crippen molar-refractivity contribution in [1.29, 1.82) is 0 Å². The molecule has 0 aliphatic rings. The highest BCUT2D eigenvalue weighted by Crippen LogP contribution is 2.16. The van der Waals surface area contributed by atoms with Crippen LogP contribution in [0.25, 0.3) is 0 Å². The maximum Gasteiger partial charge on any atom is 0.0108 e. The summed E-state index contributed by atoms with van der Waals surface area (Å²) in [7, 11) is 2.07. The lowest BCUT2D eigenvalue weighted by molar-refractivity contribution is 0.522. The summed E-state index contributed by atoms with van der Waals surface area (Å²) in [6, 6.07) is 11.7. The summed E-state index contributed by atoms with van der Waals surface area (Å²) in [5.41, 5.74) is 4.21. The third-order valence-corrected chi connectivity index (χ3v) is 4.72. The van der Waals surface area contributed by atoms with Crippen LogP contribution in [-0.4, -0.2) is 13.1 Å². The van der Waals surface area contributed by atoms with Crippen LogP contribution in [0.2, 0.25) is 0 Å². The molecule has 102 valence electrons. The second kappa shape index (κ2) is 6.88. The fourth-order valence-electron chi connectivity index (χ4n) is 2.33. The minimum absolute atomic E-state index is 0.559. The number of hydrogen-bond donors (Lipinski definition) is 1. The van der Waals surface area contributed by atoms with Crippen molar-refractivity contribution in [3.8, 4) is 0 Å². The number of nitrogens with one attached hydrogen (secondary N) is 1. The van der Waals surface area contributed by atoms with Crippen LogP contribution < -0.4 is 5.32 Å². The molecule has 19 heavy (non-hydrogen) atoms. The Bertz CT molecular complexity index is 502. The number of rotatable bonds is 6. The van der Waals surface area contributed by atoms with E-state index in [9.17, 15) is 0 Å². The van der Waals surface area contributed by atoms with Crippen molar-refractivity contribution < 1.29 is 0 Å². The lowest BCUT2D eigenvalue weighted by Crippen LogP contribution is -2.28. The summed E-state index contributed by atoms with van der Waals surface area (Å²) in [4.78, 5) is 1.49. The van der Waals surface area contributed by atoms with Gasteiger partial charge in [-0.3, -0.25) is 0 Å². The van der Waals surface area contributed by atoms with E-state index in [0.29, 0.717) is 6.04 Å². The van der Waals surface area contributed by atoms with Gasteiger partial charge in [-0.1, -0.05) is 24.3 Å². The van der Waals surface area contributed by atoms with E-state index in [0.717, 1.165) is 6.42 Å². The molecular weight excluding hydrogens is 250 g/mol. The maximum atomic E-state index is 3.45. The first-order valence-electron chi connectivity index (χ1n) is 6.95. The van der Waals surface area contributed by atoms with Gasteiger partial charge in [0, 0.05) is 10.9 Å². The zero-order chi connectivity index (χ0) is 13.7. The van der Waals surface area contributed by atoms with Crippen molar-refractivity contribution in [3.63, 3.8) is 0 Å². The van der Waals surface area contributed by atoms with Crippen molar-refractivity contribution in [3.05, 3.63) is 57.3 Å². The van der Waals surface area contributed by atoms with Gasteiger partial charge in [-0.05, 0) is 68.3 Å². The molecule has 1 atom stereocenters. The SMILES string of the molecule is CNC(CCc1cccs1)Cc1ccc(C)c(C)c1. The van der Waals surface area contributed by atoms with E-state index in [1.807, 2.05) is 11.3 Å². The molecule has 1 unspecified atom stereocenters. The largest absolute Gasteiger partial charge is 0.317 e. The van der Waals surface area contributed by atoms with Gasteiger partial charge in [0.25, 0.3) is 0 Å². The Morgan fingerprint density at radius 2 is 2.00 bits per heavy atom. The van der Waals surface area contributed by atoms with Gasteiger partial charge >= 0.3 is 0 Å². The van der Waals surface area contributed by atoms with Gasteiger partial charge in [-0.2, -0.15) is 0 Å². The summed E-state index contributed by atoms with van der Waals surface area (Å²) in [6.45, 7) is 4.37. The standard InChI is InChI=1S/C17H23NS/c1-13-6-7-15(11-14(13)2)12-16(18-3)8-9-17-5-4-10-19-17/h4-7,10-11,16,18H,8-9,12H2,1-3H3. The highest BCUT2D eigenvalue weighted by atomic mass is 32.1. The van der Waals surface area contributed by atoms with Gasteiger partial charge < -0.3 is 5.32 Å².